The molecule has 1 aliphatic heterocycles. The van der Waals surface area contributed by atoms with Crippen LogP contribution in [0.1, 0.15) is 30.6 Å². The smallest absolute Gasteiger partial charge is 0.330 e. The van der Waals surface area contributed by atoms with Gasteiger partial charge in [0.25, 0.3) is 11.8 Å². The highest BCUT2D eigenvalue weighted by atomic mass is 35.5. The maximum absolute atomic E-state index is 13.0. The molecule has 1 aromatic carbocycles. The van der Waals surface area contributed by atoms with E-state index in [1.165, 1.54) is 12.1 Å². The fourth-order valence-electron chi connectivity index (χ4n) is 4.97. The molecule has 174 valence electrons. The lowest BCUT2D eigenvalue weighted by molar-refractivity contribution is -0.162. The maximum atomic E-state index is 13.0. The largest absolute Gasteiger partial charge is 0.454 e. The summed E-state index contributed by atoms with van der Waals surface area (Å²) in [4.78, 5) is 64.1. The first-order chi connectivity index (χ1) is 15.7. The van der Waals surface area contributed by atoms with Crippen LogP contribution < -0.4 is 10.9 Å². The molecule has 0 radical (unpaired) electrons. The second kappa shape index (κ2) is 8.97. The van der Waals surface area contributed by atoms with Gasteiger partial charge < -0.3 is 4.74 Å². The maximum Gasteiger partial charge on any atom is 0.330 e. The molecule has 0 aromatic heterocycles. The van der Waals surface area contributed by atoms with Gasteiger partial charge in [-0.25, -0.2) is 4.79 Å². The van der Waals surface area contributed by atoms with Crippen molar-refractivity contribution < 1.29 is 28.7 Å². The number of benzene rings is 1. The summed E-state index contributed by atoms with van der Waals surface area (Å²) < 4.78 is 5.10. The molecule has 2 fully saturated rings. The number of halogens is 1. The molecule has 5 atom stereocenters. The van der Waals surface area contributed by atoms with Crippen LogP contribution in [0.4, 0.5) is 0 Å². The number of hydrogen-bond donors (Lipinski definition) is 2. The van der Waals surface area contributed by atoms with Gasteiger partial charge in [-0.3, -0.25) is 34.9 Å². The highest BCUT2D eigenvalue weighted by Crippen LogP contribution is 2.53. The molecule has 10 heteroatoms. The number of allylic oxidation sites excluding steroid dienone is 2. The fourth-order valence-corrected chi connectivity index (χ4v) is 5.19. The van der Waals surface area contributed by atoms with Gasteiger partial charge in [-0.05, 0) is 36.3 Å². The van der Waals surface area contributed by atoms with Crippen LogP contribution in [0.25, 0.3) is 0 Å². The number of carbonyl (C=O) groups excluding carboxylic acids is 5. The highest BCUT2D eigenvalue weighted by molar-refractivity contribution is 6.33. The van der Waals surface area contributed by atoms with E-state index < -0.39 is 48.2 Å². The molecule has 9 nitrogen and oxygen atoms in total. The molecule has 1 saturated heterocycles. The minimum Gasteiger partial charge on any atom is -0.454 e. The SMILES string of the molecule is CC(C)[C@H](C(=O)OCC(=O)NNC(=O)c1ccccc1Cl)N1C(=O)[C@@H]2[C@@H](C1=O)[C@H]1C=C[C@H]2C1. The van der Waals surface area contributed by atoms with Crippen LogP contribution in [0.5, 0.6) is 0 Å². The van der Waals surface area contributed by atoms with Gasteiger partial charge in [-0.2, -0.15) is 0 Å². The van der Waals surface area contributed by atoms with Gasteiger partial charge in [0.05, 0.1) is 22.4 Å². The third-order valence-corrected chi connectivity index (χ3v) is 6.76. The molecule has 1 saturated carbocycles. The number of likely N-dealkylation sites (tertiary alicyclic amines) is 1. The van der Waals surface area contributed by atoms with Gasteiger partial charge in [0.15, 0.2) is 6.61 Å². The Labute approximate surface area is 195 Å². The van der Waals surface area contributed by atoms with Crippen molar-refractivity contribution in [3.05, 3.63) is 47.0 Å². The number of nitrogens with zero attached hydrogens (tertiary/aromatic N) is 1. The number of hydrogen-bond acceptors (Lipinski definition) is 6. The first kappa shape index (κ1) is 23.0. The Hall–Kier alpha value is -3.20. The van der Waals surface area contributed by atoms with Gasteiger partial charge in [-0.15, -0.1) is 0 Å². The van der Waals surface area contributed by atoms with Gasteiger partial charge in [-0.1, -0.05) is 49.7 Å². The van der Waals surface area contributed by atoms with Crippen molar-refractivity contribution in [2.45, 2.75) is 26.3 Å². The Balaban J connectivity index is 1.34. The van der Waals surface area contributed by atoms with Crippen LogP contribution >= 0.6 is 11.6 Å². The second-order valence-corrected chi connectivity index (χ2v) is 9.23. The van der Waals surface area contributed by atoms with Crippen molar-refractivity contribution in [2.75, 3.05) is 6.61 Å². The zero-order valence-corrected chi connectivity index (χ0v) is 18.9. The average Bonchev–Trinajstić information content (AvgIpc) is 3.46. The lowest BCUT2D eigenvalue weighted by Crippen LogP contribution is -2.50. The Bertz CT molecular complexity index is 1020. The molecule has 4 rings (SSSR count). The molecular formula is C23H24ClN3O6. The van der Waals surface area contributed by atoms with Gasteiger partial charge in [0.2, 0.25) is 11.8 Å². The molecule has 2 N–H and O–H groups in total. The summed E-state index contributed by atoms with van der Waals surface area (Å²) in [6.45, 7) is 2.72. The van der Waals surface area contributed by atoms with Crippen molar-refractivity contribution in [1.82, 2.24) is 15.8 Å². The quantitative estimate of drug-likeness (QED) is 0.279. The van der Waals surface area contributed by atoms with E-state index in [1.807, 2.05) is 12.2 Å². The van der Waals surface area contributed by atoms with Crippen LogP contribution in [-0.4, -0.2) is 47.1 Å². The molecule has 4 amide bonds. The third kappa shape index (κ3) is 4.13. The first-order valence-corrected chi connectivity index (χ1v) is 11.1. The number of esters is 1. The molecule has 33 heavy (non-hydrogen) atoms. The second-order valence-electron chi connectivity index (χ2n) is 8.83. The number of nitrogens with one attached hydrogen (secondary N) is 2. The summed E-state index contributed by atoms with van der Waals surface area (Å²) in [6, 6.07) is 5.17. The normalized spacial score (nSPS) is 25.9. The van der Waals surface area contributed by atoms with Crippen LogP contribution in [0, 0.1) is 29.6 Å². The summed E-state index contributed by atoms with van der Waals surface area (Å²) in [5.74, 6) is -4.18. The van der Waals surface area contributed by atoms with Crippen LogP contribution in [-0.2, 0) is 23.9 Å². The summed E-state index contributed by atoms with van der Waals surface area (Å²) in [5, 5.41) is 0.212. The monoisotopic (exact) mass is 473 g/mol. The van der Waals surface area contributed by atoms with E-state index in [0.717, 1.165) is 11.3 Å². The van der Waals surface area contributed by atoms with Crippen molar-refractivity contribution in [3.63, 3.8) is 0 Å². The molecule has 2 aliphatic carbocycles. The van der Waals surface area contributed by atoms with E-state index in [2.05, 4.69) is 10.9 Å². The van der Waals surface area contributed by atoms with Crippen molar-refractivity contribution in [1.29, 1.82) is 0 Å². The molecule has 1 heterocycles. The van der Waals surface area contributed by atoms with Crippen LogP contribution in [0.3, 0.4) is 0 Å². The fraction of sp³-hybridized carbons (Fsp3) is 0.435. The standard InChI is InChI=1S/C23H24ClN3O6/c1-11(2)19(27-21(30)17-12-7-8-13(9-12)18(17)22(27)31)23(32)33-10-16(28)25-26-20(29)14-5-3-4-6-15(14)24/h3-8,11-13,17-19H,9-10H2,1-2H3,(H,25,28)(H,26,29)/t12-,13-,17-,18-,19+/m0/s1. The molecule has 0 spiro atoms. The number of amides is 4. The lowest BCUT2D eigenvalue weighted by Gasteiger charge is -2.28. The van der Waals surface area contributed by atoms with Crippen molar-refractivity contribution >= 4 is 41.2 Å². The number of rotatable bonds is 6. The van der Waals surface area contributed by atoms with E-state index >= 15 is 0 Å². The average molecular weight is 474 g/mol. The molecule has 1 aromatic rings. The number of hydrazine groups is 1. The summed E-state index contributed by atoms with van der Waals surface area (Å²) >= 11 is 5.94. The Morgan fingerprint density at radius 3 is 2.24 bits per heavy atom. The Kier molecular flexibility index (Phi) is 6.25. The summed E-state index contributed by atoms with van der Waals surface area (Å²) in [5.41, 5.74) is 4.49. The minimum absolute atomic E-state index is 0.0257. The van der Waals surface area contributed by atoms with Crippen LogP contribution in [0.15, 0.2) is 36.4 Å². The van der Waals surface area contributed by atoms with Gasteiger partial charge in [0.1, 0.15) is 6.04 Å². The van der Waals surface area contributed by atoms with Crippen molar-refractivity contribution in [2.24, 2.45) is 29.6 Å². The zero-order chi connectivity index (χ0) is 23.9. The van der Waals surface area contributed by atoms with E-state index in [9.17, 15) is 24.0 Å². The topological polar surface area (TPSA) is 122 Å². The van der Waals surface area contributed by atoms with Gasteiger partial charge >= 0.3 is 5.97 Å². The van der Waals surface area contributed by atoms with E-state index in [1.54, 1.807) is 26.0 Å². The number of carbonyl (C=O) groups is 5. The van der Waals surface area contributed by atoms with Crippen LogP contribution in [0.2, 0.25) is 5.02 Å². The summed E-state index contributed by atoms with van der Waals surface area (Å²) in [7, 11) is 0. The molecule has 2 bridgehead atoms. The first-order valence-electron chi connectivity index (χ1n) is 10.8. The number of ether oxygens (including phenoxy) is 1. The predicted octanol–water partition coefficient (Wildman–Crippen LogP) is 1.48. The highest BCUT2D eigenvalue weighted by Gasteiger charge is 2.61. The van der Waals surface area contributed by atoms with Gasteiger partial charge in [0, 0.05) is 0 Å². The van der Waals surface area contributed by atoms with E-state index in [0.29, 0.717) is 0 Å². The summed E-state index contributed by atoms with van der Waals surface area (Å²) in [6.07, 6.45) is 4.74. The number of fused-ring (bicyclic) bond motifs is 5. The minimum atomic E-state index is -1.12. The van der Waals surface area contributed by atoms with E-state index in [-0.39, 0.29) is 34.2 Å². The Morgan fingerprint density at radius 2 is 1.67 bits per heavy atom. The molecule has 3 aliphatic rings. The lowest BCUT2D eigenvalue weighted by atomic mass is 9.85. The zero-order valence-electron chi connectivity index (χ0n) is 18.1. The predicted molar refractivity (Wildman–Crippen MR) is 116 cm³/mol. The molecule has 0 unspecified atom stereocenters. The van der Waals surface area contributed by atoms with Crippen molar-refractivity contribution in [3.8, 4) is 0 Å². The van der Waals surface area contributed by atoms with E-state index in [4.69, 9.17) is 16.3 Å². The number of imide groups is 1. The molecular weight excluding hydrogens is 450 g/mol. The third-order valence-electron chi connectivity index (χ3n) is 6.44. The Morgan fingerprint density at radius 1 is 1.06 bits per heavy atom.